The van der Waals surface area contributed by atoms with Crippen LogP contribution in [0.15, 0.2) is 0 Å². The molecule has 0 fully saturated rings. The monoisotopic (exact) mass is 1520 g/mol. The fourth-order valence-corrected chi connectivity index (χ4v) is 14.4. The molecular weight excluding hydrogens is 1480 g/mol. The maximum atomic E-state index is 14.1. The number of aliphatic hydroxyl groups excluding tert-OH is 9. The van der Waals surface area contributed by atoms with Crippen LogP contribution < -0.4 is 26.3 Å². The topological polar surface area (TPSA) is 339 Å². The van der Waals surface area contributed by atoms with Gasteiger partial charge in [-0.3, -0.25) is 33.8 Å². The van der Waals surface area contributed by atoms with Gasteiger partial charge >= 0.3 is 0 Å². The predicted octanol–water partition coefficient (Wildman–Crippen LogP) is -2.30. The van der Waals surface area contributed by atoms with Gasteiger partial charge in [-0.15, -0.1) is 0 Å². The summed E-state index contributed by atoms with van der Waals surface area (Å²) in [5.41, 5.74) is 1.60. The van der Waals surface area contributed by atoms with E-state index in [4.69, 9.17) is 0 Å². The summed E-state index contributed by atoms with van der Waals surface area (Å²) in [5.74, 6) is -5.24. The number of hydrazine groups is 1. The molecular formula is C33H40I6N6O15. The number of carbonyl (C=O) groups excluding carboxylic acids is 6. The van der Waals surface area contributed by atoms with E-state index in [2.05, 4.69) is 21.4 Å². The second kappa shape index (κ2) is 27.0. The fourth-order valence-electron chi connectivity index (χ4n) is 5.00. The minimum absolute atomic E-state index is 0.00472. The van der Waals surface area contributed by atoms with E-state index in [0.717, 1.165) is 9.91 Å². The molecule has 334 valence electrons. The number of aliphatic hydroxyl groups is 9. The number of hydrogen-bond donors (Lipinski definition) is 13. The van der Waals surface area contributed by atoms with Gasteiger partial charge in [-0.25, -0.2) is 5.43 Å². The highest BCUT2D eigenvalue weighted by molar-refractivity contribution is 14.1. The van der Waals surface area contributed by atoms with E-state index in [9.17, 15) is 74.7 Å². The quantitative estimate of drug-likeness (QED) is 0.0316. The molecule has 5 amide bonds. The first-order chi connectivity index (χ1) is 28.3. The smallest absolute Gasteiger partial charge is 0.270 e. The van der Waals surface area contributed by atoms with E-state index in [1.165, 1.54) is 0 Å². The molecule has 3 unspecified atom stereocenters. The molecule has 2 aromatic carbocycles. The summed E-state index contributed by atoms with van der Waals surface area (Å²) in [6, 6.07) is 0. The van der Waals surface area contributed by atoms with E-state index < -0.39 is 126 Å². The van der Waals surface area contributed by atoms with Gasteiger partial charge < -0.3 is 66.8 Å². The standard InChI is InChI=1S/C33H40I6N6O15/c34-23-18(16(55)12-51)24(35)22(33(60)45(43-1-3-46)8-15(54)11-50)26(37)19(23)30(57)42-7-17(56)44(2-4-47)29-27(38)20(31(58)40-5-13(52)9-48)25(36)21(28(29)39)32(59)41-6-14(53)10-49/h13-15,43,46-54H,1-12H2,(H,40,58)(H,41,59)(H,42,57). The minimum Gasteiger partial charge on any atom is -0.395 e. The number of benzene rings is 2. The Labute approximate surface area is 424 Å². The summed E-state index contributed by atoms with van der Waals surface area (Å²) in [6.45, 7) is -6.85. The van der Waals surface area contributed by atoms with Crippen LogP contribution in [0.5, 0.6) is 0 Å². The van der Waals surface area contributed by atoms with E-state index in [0.29, 0.717) is 0 Å². The third-order valence-corrected chi connectivity index (χ3v) is 14.3. The van der Waals surface area contributed by atoms with Crippen LogP contribution in [-0.2, 0) is 4.79 Å². The maximum absolute atomic E-state index is 14.1. The molecule has 2 aromatic rings. The molecule has 13 N–H and O–H groups in total. The molecule has 0 heterocycles. The number of halogens is 6. The SMILES string of the molecule is O=C(CO)c1c(I)c(C(=O)NCC(=O)N(CCO)c2c(I)c(C(=O)NCC(O)CO)c(I)c(C(=O)NCC(O)CO)c2I)c(I)c(C(=O)N(CC(O)CO)NCCO)c1I. The normalized spacial score (nSPS) is 12.7. The van der Waals surface area contributed by atoms with Crippen LogP contribution in [0, 0.1) is 21.4 Å². The minimum atomic E-state index is -1.43. The molecule has 0 aliphatic rings. The van der Waals surface area contributed by atoms with Crippen LogP contribution in [0.1, 0.15) is 51.8 Å². The highest BCUT2D eigenvalue weighted by Crippen LogP contribution is 2.38. The predicted molar refractivity (Wildman–Crippen MR) is 262 cm³/mol. The molecule has 0 aliphatic carbocycles. The number of anilines is 1. The molecule has 0 bridgehead atoms. The number of amides is 5. The largest absolute Gasteiger partial charge is 0.395 e. The maximum Gasteiger partial charge on any atom is 0.270 e. The molecule has 60 heavy (non-hydrogen) atoms. The third-order valence-electron chi connectivity index (χ3n) is 7.90. The summed E-state index contributed by atoms with van der Waals surface area (Å²) in [5, 5.41) is 95.4. The molecule has 21 nitrogen and oxygen atoms in total. The zero-order valence-corrected chi connectivity index (χ0v) is 43.8. The second-order valence-corrected chi connectivity index (χ2v) is 18.6. The van der Waals surface area contributed by atoms with Crippen LogP contribution >= 0.6 is 136 Å². The molecule has 27 heteroatoms. The van der Waals surface area contributed by atoms with Crippen molar-refractivity contribution in [2.75, 3.05) is 83.8 Å². The number of hydrogen-bond acceptors (Lipinski definition) is 16. The highest BCUT2D eigenvalue weighted by atomic mass is 127. The first-order valence-corrected chi connectivity index (χ1v) is 23.6. The van der Waals surface area contributed by atoms with Gasteiger partial charge in [0.1, 0.15) is 6.61 Å². The number of nitrogens with one attached hydrogen (secondary N) is 4. The van der Waals surface area contributed by atoms with Gasteiger partial charge in [-0.2, -0.15) is 0 Å². The van der Waals surface area contributed by atoms with Gasteiger partial charge in [0.25, 0.3) is 23.6 Å². The molecule has 0 aliphatic heterocycles. The van der Waals surface area contributed by atoms with Crippen molar-refractivity contribution in [3.8, 4) is 0 Å². The molecule has 0 aromatic heterocycles. The Bertz CT molecular complexity index is 1880. The summed E-state index contributed by atoms with van der Waals surface area (Å²) in [7, 11) is 0. The Morgan fingerprint density at radius 2 is 0.983 bits per heavy atom. The Hall–Kier alpha value is -0.560. The van der Waals surface area contributed by atoms with Crippen LogP contribution in [0.25, 0.3) is 0 Å². The van der Waals surface area contributed by atoms with Crippen LogP contribution in [0.3, 0.4) is 0 Å². The van der Waals surface area contributed by atoms with Crippen molar-refractivity contribution in [2.24, 2.45) is 0 Å². The average Bonchev–Trinajstić information content (AvgIpc) is 3.21. The van der Waals surface area contributed by atoms with E-state index >= 15 is 0 Å². The first kappa shape index (κ1) is 55.6. The molecule has 0 saturated heterocycles. The van der Waals surface area contributed by atoms with Crippen molar-refractivity contribution in [3.05, 3.63) is 49.2 Å². The van der Waals surface area contributed by atoms with Gasteiger partial charge in [0.2, 0.25) is 5.91 Å². The summed E-state index contributed by atoms with van der Waals surface area (Å²) in [4.78, 5) is 83.3. The lowest BCUT2D eigenvalue weighted by Gasteiger charge is -2.28. The summed E-state index contributed by atoms with van der Waals surface area (Å²) in [6.07, 6.45) is -4.10. The number of Topliss-reactive ketones (excluding diaryl/α,β-unsaturated/α-hetero) is 1. The highest BCUT2D eigenvalue weighted by Gasteiger charge is 2.35. The zero-order valence-electron chi connectivity index (χ0n) is 30.9. The Morgan fingerprint density at radius 3 is 1.43 bits per heavy atom. The third kappa shape index (κ3) is 14.2. The summed E-state index contributed by atoms with van der Waals surface area (Å²) >= 11 is 10.3. The Kier molecular flexibility index (Phi) is 25.0. The fraction of sp³-hybridized carbons (Fsp3) is 0.455. The van der Waals surface area contributed by atoms with Crippen LogP contribution in [0.4, 0.5) is 5.69 Å². The summed E-state index contributed by atoms with van der Waals surface area (Å²) < 4.78 is 0.295. The lowest BCUT2D eigenvalue weighted by Crippen LogP contribution is -2.49. The zero-order chi connectivity index (χ0) is 45.6. The lowest BCUT2D eigenvalue weighted by atomic mass is 10.0. The average molecular weight is 1520 g/mol. The van der Waals surface area contributed by atoms with E-state index in [1.807, 2.05) is 0 Å². The Morgan fingerprint density at radius 1 is 0.550 bits per heavy atom. The van der Waals surface area contributed by atoms with Gasteiger partial charge in [0.05, 0.1) is 99.5 Å². The number of ketones is 1. The lowest BCUT2D eigenvalue weighted by molar-refractivity contribution is -0.117. The Balaban J connectivity index is 2.76. The van der Waals surface area contributed by atoms with Crippen molar-refractivity contribution < 1.29 is 74.7 Å². The molecule has 2 rings (SSSR count). The second-order valence-electron chi connectivity index (χ2n) is 12.1. The van der Waals surface area contributed by atoms with Crippen molar-refractivity contribution in [1.82, 2.24) is 26.4 Å². The van der Waals surface area contributed by atoms with Gasteiger partial charge in [0, 0.05) is 46.0 Å². The first-order valence-electron chi connectivity index (χ1n) is 17.1. The van der Waals surface area contributed by atoms with Gasteiger partial charge in [-0.1, -0.05) is 0 Å². The van der Waals surface area contributed by atoms with Crippen molar-refractivity contribution in [1.29, 1.82) is 0 Å². The number of carbonyl (C=O) groups is 6. The van der Waals surface area contributed by atoms with Gasteiger partial charge in [-0.05, 0) is 136 Å². The van der Waals surface area contributed by atoms with E-state index in [-0.39, 0.29) is 61.5 Å². The van der Waals surface area contributed by atoms with Crippen LogP contribution in [0.2, 0.25) is 0 Å². The molecule has 3 atom stereocenters. The van der Waals surface area contributed by atoms with Crippen LogP contribution in [-0.4, -0.2) is 184 Å². The van der Waals surface area contributed by atoms with Crippen molar-refractivity contribution in [2.45, 2.75) is 18.3 Å². The molecule has 0 spiro atoms. The van der Waals surface area contributed by atoms with Crippen molar-refractivity contribution >= 4 is 177 Å². The molecule has 0 radical (unpaired) electrons. The molecule has 0 saturated carbocycles. The number of nitrogens with zero attached hydrogens (tertiary/aromatic N) is 2. The number of rotatable bonds is 23. The van der Waals surface area contributed by atoms with Crippen molar-refractivity contribution in [3.63, 3.8) is 0 Å². The van der Waals surface area contributed by atoms with Gasteiger partial charge in [0.15, 0.2) is 5.78 Å². The van der Waals surface area contributed by atoms with E-state index in [1.54, 1.807) is 136 Å².